The van der Waals surface area contributed by atoms with E-state index in [1.165, 1.54) is 23.3 Å². The van der Waals surface area contributed by atoms with E-state index in [4.69, 9.17) is 0 Å². The minimum Gasteiger partial charge on any atom is -0.350 e. The summed E-state index contributed by atoms with van der Waals surface area (Å²) in [4.78, 5) is 30.8. The van der Waals surface area contributed by atoms with Crippen LogP contribution >= 0.6 is 11.3 Å². The molecule has 6 heteroatoms. The van der Waals surface area contributed by atoms with Crippen molar-refractivity contribution in [3.05, 3.63) is 40.4 Å². The van der Waals surface area contributed by atoms with E-state index in [1.807, 2.05) is 11.0 Å². The number of aryl methyl sites for hydroxylation is 2. The lowest BCUT2D eigenvalue weighted by Crippen LogP contribution is -2.37. The number of carbonyl (C=O) groups excluding carboxylic acids is 2. The highest BCUT2D eigenvalue weighted by molar-refractivity contribution is 7.13. The zero-order valence-electron chi connectivity index (χ0n) is 15.4. The Bertz CT molecular complexity index is 794. The van der Waals surface area contributed by atoms with Crippen LogP contribution in [0.25, 0.3) is 10.6 Å². The average Bonchev–Trinajstić information content (AvgIpc) is 3.12. The normalized spacial score (nSPS) is 14.3. The number of thiazole rings is 1. The van der Waals surface area contributed by atoms with Crippen LogP contribution in [0.15, 0.2) is 23.6 Å². The molecule has 0 aliphatic carbocycles. The maximum atomic E-state index is 12.3. The van der Waals surface area contributed by atoms with Gasteiger partial charge in [-0.3, -0.25) is 9.59 Å². The van der Waals surface area contributed by atoms with Crippen LogP contribution in [0, 0.1) is 13.8 Å². The van der Waals surface area contributed by atoms with E-state index in [2.05, 4.69) is 36.3 Å². The Kier molecular flexibility index (Phi) is 6.04. The molecule has 0 unspecified atom stereocenters. The van der Waals surface area contributed by atoms with Crippen LogP contribution in [0.3, 0.4) is 0 Å². The third-order valence-electron chi connectivity index (χ3n) is 4.68. The first-order chi connectivity index (χ1) is 12.5. The molecule has 1 aromatic carbocycles. The molecule has 2 aromatic rings. The van der Waals surface area contributed by atoms with Gasteiger partial charge in [0.1, 0.15) is 10.7 Å². The first-order valence-corrected chi connectivity index (χ1v) is 10.0. The Hall–Kier alpha value is -2.21. The van der Waals surface area contributed by atoms with Crippen molar-refractivity contribution in [1.82, 2.24) is 15.2 Å². The summed E-state index contributed by atoms with van der Waals surface area (Å²) >= 11 is 1.47. The summed E-state index contributed by atoms with van der Waals surface area (Å²) in [6.07, 6.45) is 3.71. The van der Waals surface area contributed by atoms with Gasteiger partial charge in [-0.15, -0.1) is 11.3 Å². The average molecular weight is 372 g/mol. The number of likely N-dealkylation sites (tertiary alicyclic amines) is 1. The fourth-order valence-electron chi connectivity index (χ4n) is 3.23. The minimum atomic E-state index is -0.219. The molecule has 2 amide bonds. The van der Waals surface area contributed by atoms with Crippen molar-refractivity contribution in [1.29, 1.82) is 0 Å². The first kappa shape index (κ1) is 18.6. The predicted octanol–water partition coefficient (Wildman–Crippen LogP) is 3.56. The number of rotatable bonds is 5. The number of hydrogen-bond donors (Lipinski definition) is 1. The van der Waals surface area contributed by atoms with Crippen molar-refractivity contribution in [3.63, 3.8) is 0 Å². The molecule has 2 heterocycles. The standard InChI is InChI=1S/C20H25N3O2S/c1-14-6-7-16(15(2)12-14)20-22-17(13-26-20)19(25)21-9-8-18(24)23-10-4-3-5-11-23/h6-7,12-13H,3-5,8-11H2,1-2H3,(H,21,25). The highest BCUT2D eigenvalue weighted by Crippen LogP contribution is 2.27. The predicted molar refractivity (Wildman–Crippen MR) is 104 cm³/mol. The van der Waals surface area contributed by atoms with E-state index in [1.54, 1.807) is 5.38 Å². The fourth-order valence-corrected chi connectivity index (χ4v) is 4.12. The van der Waals surface area contributed by atoms with E-state index < -0.39 is 0 Å². The van der Waals surface area contributed by atoms with E-state index in [9.17, 15) is 9.59 Å². The van der Waals surface area contributed by atoms with Gasteiger partial charge in [-0.05, 0) is 38.7 Å². The van der Waals surface area contributed by atoms with Gasteiger partial charge in [0, 0.05) is 37.0 Å². The van der Waals surface area contributed by atoms with Crippen molar-refractivity contribution < 1.29 is 9.59 Å². The Morgan fingerprint density at radius 2 is 1.96 bits per heavy atom. The minimum absolute atomic E-state index is 0.124. The van der Waals surface area contributed by atoms with Crippen LogP contribution in [-0.4, -0.2) is 41.3 Å². The van der Waals surface area contributed by atoms with Crippen LogP contribution in [0.5, 0.6) is 0 Å². The third kappa shape index (κ3) is 4.49. The number of hydrogen-bond acceptors (Lipinski definition) is 4. The Morgan fingerprint density at radius 1 is 1.19 bits per heavy atom. The molecule has 1 fully saturated rings. The van der Waals surface area contributed by atoms with E-state index >= 15 is 0 Å². The molecule has 1 aliphatic heterocycles. The molecule has 0 atom stereocenters. The molecular weight excluding hydrogens is 346 g/mol. The van der Waals surface area contributed by atoms with E-state index in [0.29, 0.717) is 18.7 Å². The van der Waals surface area contributed by atoms with Crippen molar-refractivity contribution in [3.8, 4) is 10.6 Å². The molecule has 0 saturated carbocycles. The molecule has 0 radical (unpaired) electrons. The van der Waals surface area contributed by atoms with Crippen molar-refractivity contribution in [2.45, 2.75) is 39.5 Å². The molecule has 1 N–H and O–H groups in total. The van der Waals surface area contributed by atoms with E-state index in [0.717, 1.165) is 42.1 Å². The SMILES string of the molecule is Cc1ccc(-c2nc(C(=O)NCCC(=O)N3CCCCC3)cs2)c(C)c1. The summed E-state index contributed by atoms with van der Waals surface area (Å²) in [6, 6.07) is 6.21. The number of carbonyl (C=O) groups is 2. The zero-order valence-corrected chi connectivity index (χ0v) is 16.2. The fraction of sp³-hybridized carbons (Fsp3) is 0.450. The monoisotopic (exact) mass is 371 g/mol. The molecule has 0 spiro atoms. The Balaban J connectivity index is 1.54. The number of nitrogens with one attached hydrogen (secondary N) is 1. The van der Waals surface area contributed by atoms with Gasteiger partial charge in [0.25, 0.3) is 5.91 Å². The lowest BCUT2D eigenvalue weighted by atomic mass is 10.1. The summed E-state index contributed by atoms with van der Waals surface area (Å²) in [7, 11) is 0. The van der Waals surface area contributed by atoms with Crippen LogP contribution in [0.4, 0.5) is 0 Å². The van der Waals surface area contributed by atoms with Gasteiger partial charge in [-0.25, -0.2) is 4.98 Å². The van der Waals surface area contributed by atoms with Crippen LogP contribution < -0.4 is 5.32 Å². The lowest BCUT2D eigenvalue weighted by molar-refractivity contribution is -0.131. The van der Waals surface area contributed by atoms with Crippen LogP contribution in [0.2, 0.25) is 0 Å². The molecule has 26 heavy (non-hydrogen) atoms. The van der Waals surface area contributed by atoms with Gasteiger partial charge in [0.15, 0.2) is 0 Å². The molecule has 1 aliphatic rings. The zero-order chi connectivity index (χ0) is 18.5. The molecule has 1 saturated heterocycles. The number of aromatic nitrogens is 1. The van der Waals surface area contributed by atoms with Crippen LogP contribution in [0.1, 0.15) is 47.3 Å². The van der Waals surface area contributed by atoms with Gasteiger partial charge < -0.3 is 10.2 Å². The van der Waals surface area contributed by atoms with Gasteiger partial charge in [-0.1, -0.05) is 23.8 Å². The molecular formula is C20H25N3O2S. The number of piperidine rings is 1. The number of amides is 2. The maximum absolute atomic E-state index is 12.3. The summed E-state index contributed by atoms with van der Waals surface area (Å²) in [5.41, 5.74) is 3.83. The highest BCUT2D eigenvalue weighted by Gasteiger charge is 2.17. The molecule has 138 valence electrons. The van der Waals surface area contributed by atoms with Gasteiger partial charge in [0.05, 0.1) is 0 Å². The second-order valence-electron chi connectivity index (χ2n) is 6.80. The highest BCUT2D eigenvalue weighted by atomic mass is 32.1. The molecule has 1 aromatic heterocycles. The van der Waals surface area contributed by atoms with Gasteiger partial charge in [-0.2, -0.15) is 0 Å². The first-order valence-electron chi connectivity index (χ1n) is 9.14. The second-order valence-corrected chi connectivity index (χ2v) is 7.66. The van der Waals surface area contributed by atoms with Crippen molar-refractivity contribution in [2.75, 3.05) is 19.6 Å². The topological polar surface area (TPSA) is 62.3 Å². The maximum Gasteiger partial charge on any atom is 0.270 e. The Morgan fingerprint density at radius 3 is 2.69 bits per heavy atom. The lowest BCUT2D eigenvalue weighted by Gasteiger charge is -2.26. The van der Waals surface area contributed by atoms with Crippen LogP contribution in [-0.2, 0) is 4.79 Å². The Labute approximate surface area is 158 Å². The van der Waals surface area contributed by atoms with E-state index in [-0.39, 0.29) is 11.8 Å². The summed E-state index contributed by atoms with van der Waals surface area (Å²) in [6.45, 7) is 6.15. The second kappa shape index (κ2) is 8.45. The molecule has 0 bridgehead atoms. The quantitative estimate of drug-likeness (QED) is 0.874. The van der Waals surface area contributed by atoms with Gasteiger partial charge in [0.2, 0.25) is 5.91 Å². The van der Waals surface area contributed by atoms with Crippen molar-refractivity contribution in [2.24, 2.45) is 0 Å². The molecule has 5 nitrogen and oxygen atoms in total. The number of nitrogens with zero attached hydrogens (tertiary/aromatic N) is 2. The summed E-state index contributed by atoms with van der Waals surface area (Å²) in [5, 5.41) is 5.43. The van der Waals surface area contributed by atoms with Gasteiger partial charge >= 0.3 is 0 Å². The summed E-state index contributed by atoms with van der Waals surface area (Å²) < 4.78 is 0. The largest absolute Gasteiger partial charge is 0.350 e. The number of benzene rings is 1. The van der Waals surface area contributed by atoms with Crippen molar-refractivity contribution >= 4 is 23.2 Å². The summed E-state index contributed by atoms with van der Waals surface area (Å²) in [5.74, 6) is -0.0945. The molecule has 3 rings (SSSR count). The smallest absolute Gasteiger partial charge is 0.270 e. The third-order valence-corrected chi connectivity index (χ3v) is 5.56.